The Morgan fingerprint density at radius 3 is 2.57 bits per heavy atom. The second-order valence-electron chi connectivity index (χ2n) is 5.51. The summed E-state index contributed by atoms with van der Waals surface area (Å²) in [7, 11) is 0.302. The van der Waals surface area contributed by atoms with Crippen molar-refractivity contribution in [1.82, 2.24) is 10.0 Å². The number of carbonyl (C=O) groups is 1. The van der Waals surface area contributed by atoms with Crippen LogP contribution < -0.4 is 4.74 Å². The summed E-state index contributed by atoms with van der Waals surface area (Å²) in [5.41, 5.74) is 0. The number of benzene rings is 1. The van der Waals surface area contributed by atoms with Gasteiger partial charge in [0.2, 0.25) is 0 Å². The molecular weight excluding hydrogens is 363 g/mol. The summed E-state index contributed by atoms with van der Waals surface area (Å²) in [6, 6.07) is 4.35. The summed E-state index contributed by atoms with van der Waals surface area (Å²) in [6.07, 6.45) is 0.425. The zero-order valence-corrected chi connectivity index (χ0v) is 15.2. The van der Waals surface area contributed by atoms with Crippen molar-refractivity contribution in [3.63, 3.8) is 0 Å². The molecule has 0 aromatic heterocycles. The SMILES string of the molecule is CN(C)N(C(=O)COc1ccc(Cl)cc1Cl)[C@H]1CCS(=O)(=O)C1. The molecule has 0 spiro atoms. The molecule has 0 bridgehead atoms. The van der Waals surface area contributed by atoms with E-state index in [2.05, 4.69) is 0 Å². The molecule has 1 amide bonds. The first-order valence-electron chi connectivity index (χ1n) is 6.97. The molecular formula is C14H18Cl2N2O4S. The molecule has 0 saturated carbocycles. The average Bonchev–Trinajstić information content (AvgIpc) is 2.77. The van der Waals surface area contributed by atoms with Gasteiger partial charge in [-0.3, -0.25) is 9.80 Å². The predicted molar refractivity (Wildman–Crippen MR) is 89.5 cm³/mol. The fourth-order valence-electron chi connectivity index (χ4n) is 2.52. The van der Waals surface area contributed by atoms with Gasteiger partial charge in [0.25, 0.3) is 5.91 Å². The number of carbonyl (C=O) groups excluding carboxylic acids is 1. The maximum atomic E-state index is 12.4. The number of halogens is 2. The van der Waals surface area contributed by atoms with Gasteiger partial charge in [-0.25, -0.2) is 13.4 Å². The summed E-state index contributed by atoms with van der Waals surface area (Å²) >= 11 is 11.8. The lowest BCUT2D eigenvalue weighted by molar-refractivity contribution is -0.151. The predicted octanol–water partition coefficient (Wildman–Crippen LogP) is 1.86. The molecule has 1 aromatic carbocycles. The van der Waals surface area contributed by atoms with Crippen LogP contribution in [0.5, 0.6) is 5.75 Å². The molecule has 1 heterocycles. The maximum Gasteiger partial charge on any atom is 0.275 e. The zero-order valence-electron chi connectivity index (χ0n) is 12.8. The van der Waals surface area contributed by atoms with Crippen LogP contribution in [0.15, 0.2) is 18.2 Å². The van der Waals surface area contributed by atoms with E-state index in [1.165, 1.54) is 11.1 Å². The normalized spacial score (nSPS) is 19.8. The quantitative estimate of drug-likeness (QED) is 0.729. The van der Waals surface area contributed by atoms with Crippen LogP contribution in [0.2, 0.25) is 10.0 Å². The number of amides is 1. The van der Waals surface area contributed by atoms with E-state index in [0.717, 1.165) is 0 Å². The van der Waals surface area contributed by atoms with Crippen molar-refractivity contribution in [2.75, 3.05) is 32.2 Å². The van der Waals surface area contributed by atoms with Crippen LogP contribution in [0, 0.1) is 0 Å². The van der Waals surface area contributed by atoms with Crippen LogP contribution in [-0.4, -0.2) is 62.6 Å². The third-order valence-corrected chi connectivity index (χ3v) is 5.77. The lowest BCUT2D eigenvalue weighted by Gasteiger charge is -2.33. The Morgan fingerprint density at radius 2 is 2.04 bits per heavy atom. The highest BCUT2D eigenvalue weighted by molar-refractivity contribution is 7.91. The van der Waals surface area contributed by atoms with Crippen molar-refractivity contribution in [2.24, 2.45) is 0 Å². The van der Waals surface area contributed by atoms with E-state index in [9.17, 15) is 13.2 Å². The van der Waals surface area contributed by atoms with Crippen LogP contribution in [0.1, 0.15) is 6.42 Å². The first-order chi connectivity index (χ1) is 10.7. The molecule has 9 heteroatoms. The highest BCUT2D eigenvalue weighted by Gasteiger charge is 2.36. The van der Waals surface area contributed by atoms with Gasteiger partial charge in [-0.2, -0.15) is 0 Å². The number of nitrogens with zero attached hydrogens (tertiary/aromatic N) is 2. The Kier molecular flexibility index (Phi) is 5.78. The summed E-state index contributed by atoms with van der Waals surface area (Å²) in [4.78, 5) is 12.4. The molecule has 1 aliphatic rings. The Labute approximate surface area is 145 Å². The minimum atomic E-state index is -3.08. The van der Waals surface area contributed by atoms with E-state index in [1.54, 1.807) is 31.2 Å². The molecule has 1 atom stereocenters. The van der Waals surface area contributed by atoms with E-state index in [1.807, 2.05) is 0 Å². The Bertz CT molecular complexity index is 694. The van der Waals surface area contributed by atoms with Gasteiger partial charge < -0.3 is 4.74 Å². The van der Waals surface area contributed by atoms with Gasteiger partial charge in [-0.15, -0.1) is 0 Å². The smallest absolute Gasteiger partial charge is 0.275 e. The van der Waals surface area contributed by atoms with Gasteiger partial charge in [0.1, 0.15) is 5.75 Å². The Hall–Kier alpha value is -1.02. The number of ether oxygens (including phenoxy) is 1. The van der Waals surface area contributed by atoms with Crippen molar-refractivity contribution in [3.05, 3.63) is 28.2 Å². The van der Waals surface area contributed by atoms with Gasteiger partial charge in [-0.1, -0.05) is 23.2 Å². The maximum absolute atomic E-state index is 12.4. The summed E-state index contributed by atoms with van der Waals surface area (Å²) < 4.78 is 28.7. The lowest BCUT2D eigenvalue weighted by Crippen LogP contribution is -2.51. The van der Waals surface area contributed by atoms with E-state index < -0.39 is 9.84 Å². The van der Waals surface area contributed by atoms with Gasteiger partial charge in [-0.05, 0) is 24.6 Å². The van der Waals surface area contributed by atoms with E-state index in [-0.39, 0.29) is 30.1 Å². The molecule has 0 unspecified atom stereocenters. The fourth-order valence-corrected chi connectivity index (χ4v) is 4.67. The minimum Gasteiger partial charge on any atom is -0.482 e. The topological polar surface area (TPSA) is 66.9 Å². The molecule has 1 aliphatic heterocycles. The third kappa shape index (κ3) is 4.73. The van der Waals surface area contributed by atoms with Crippen molar-refractivity contribution in [2.45, 2.75) is 12.5 Å². The molecule has 2 rings (SSSR count). The monoisotopic (exact) mass is 380 g/mol. The van der Waals surface area contributed by atoms with E-state index in [0.29, 0.717) is 22.2 Å². The summed E-state index contributed by atoms with van der Waals surface area (Å²) in [5, 5.41) is 3.79. The Morgan fingerprint density at radius 1 is 1.35 bits per heavy atom. The van der Waals surface area contributed by atoms with Gasteiger partial charge in [0.05, 0.1) is 22.6 Å². The number of hydrogen-bond acceptors (Lipinski definition) is 5. The fraction of sp³-hybridized carbons (Fsp3) is 0.500. The first-order valence-corrected chi connectivity index (χ1v) is 9.55. The number of rotatable bonds is 5. The second kappa shape index (κ2) is 7.25. The third-order valence-electron chi connectivity index (χ3n) is 3.49. The number of sulfone groups is 1. The molecule has 0 aliphatic carbocycles. The Balaban J connectivity index is 2.04. The largest absolute Gasteiger partial charge is 0.482 e. The van der Waals surface area contributed by atoms with E-state index in [4.69, 9.17) is 27.9 Å². The molecule has 128 valence electrons. The van der Waals surface area contributed by atoms with Crippen LogP contribution in [-0.2, 0) is 14.6 Å². The highest BCUT2D eigenvalue weighted by Crippen LogP contribution is 2.27. The van der Waals surface area contributed by atoms with Crippen molar-refractivity contribution in [1.29, 1.82) is 0 Å². The van der Waals surface area contributed by atoms with Crippen molar-refractivity contribution >= 4 is 38.9 Å². The van der Waals surface area contributed by atoms with Crippen LogP contribution in [0.4, 0.5) is 0 Å². The standard InChI is InChI=1S/C14H18Cl2N2O4S/c1-17(2)18(11-5-6-23(20,21)9-11)14(19)8-22-13-4-3-10(15)7-12(13)16/h3-4,7,11H,5-6,8-9H2,1-2H3/t11-/m0/s1. The second-order valence-corrected chi connectivity index (χ2v) is 8.58. The van der Waals surface area contributed by atoms with E-state index >= 15 is 0 Å². The molecule has 0 N–H and O–H groups in total. The van der Waals surface area contributed by atoms with Gasteiger partial charge in [0.15, 0.2) is 16.4 Å². The average molecular weight is 381 g/mol. The molecule has 1 aromatic rings. The van der Waals surface area contributed by atoms with Crippen LogP contribution >= 0.6 is 23.2 Å². The van der Waals surface area contributed by atoms with Crippen molar-refractivity contribution in [3.8, 4) is 5.75 Å². The molecule has 1 fully saturated rings. The van der Waals surface area contributed by atoms with Gasteiger partial charge in [0, 0.05) is 19.1 Å². The number of hydrogen-bond donors (Lipinski definition) is 0. The molecule has 0 radical (unpaired) electrons. The molecule has 1 saturated heterocycles. The highest BCUT2D eigenvalue weighted by atomic mass is 35.5. The van der Waals surface area contributed by atoms with Crippen molar-refractivity contribution < 1.29 is 17.9 Å². The summed E-state index contributed by atoms with van der Waals surface area (Å²) in [6.45, 7) is -0.240. The van der Waals surface area contributed by atoms with Crippen LogP contribution in [0.25, 0.3) is 0 Å². The molecule has 23 heavy (non-hydrogen) atoms. The lowest BCUT2D eigenvalue weighted by atomic mass is 10.2. The van der Waals surface area contributed by atoms with Crippen LogP contribution in [0.3, 0.4) is 0 Å². The minimum absolute atomic E-state index is 0.0291. The first kappa shape index (κ1) is 18.3. The van der Waals surface area contributed by atoms with Gasteiger partial charge >= 0.3 is 0 Å². The number of hydrazine groups is 1. The summed E-state index contributed by atoms with van der Waals surface area (Å²) in [5.74, 6) is 0.0860. The zero-order chi connectivity index (χ0) is 17.2. The molecule has 6 nitrogen and oxygen atoms in total.